The van der Waals surface area contributed by atoms with Crippen molar-refractivity contribution in [2.45, 2.75) is 6.61 Å². The number of nitrogen functional groups attached to an aromatic ring is 1. The SMILES string of the molecule is COc1c(N)ncnc1OCc1ccccc1Cl. The maximum Gasteiger partial charge on any atom is 0.262 e. The lowest BCUT2D eigenvalue weighted by molar-refractivity contribution is 0.272. The Balaban J connectivity index is 2.16. The fourth-order valence-corrected chi connectivity index (χ4v) is 1.62. The van der Waals surface area contributed by atoms with Gasteiger partial charge in [-0.25, -0.2) is 4.98 Å². The van der Waals surface area contributed by atoms with Gasteiger partial charge in [0.2, 0.25) is 5.75 Å². The zero-order chi connectivity index (χ0) is 13.0. The van der Waals surface area contributed by atoms with E-state index < -0.39 is 0 Å². The number of halogens is 1. The first-order chi connectivity index (χ1) is 8.72. The van der Waals surface area contributed by atoms with Crippen LogP contribution in [-0.2, 0) is 6.61 Å². The lowest BCUT2D eigenvalue weighted by Gasteiger charge is -2.10. The van der Waals surface area contributed by atoms with E-state index in [1.807, 2.05) is 18.2 Å². The molecule has 0 amide bonds. The number of aromatic nitrogens is 2. The predicted octanol–water partition coefficient (Wildman–Crippen LogP) is 2.30. The number of ether oxygens (including phenoxy) is 2. The second-order valence-corrected chi connectivity index (χ2v) is 3.88. The summed E-state index contributed by atoms with van der Waals surface area (Å²) in [4.78, 5) is 7.79. The molecule has 0 saturated heterocycles. The van der Waals surface area contributed by atoms with Gasteiger partial charge < -0.3 is 15.2 Å². The zero-order valence-electron chi connectivity index (χ0n) is 9.76. The van der Waals surface area contributed by atoms with Crippen molar-refractivity contribution < 1.29 is 9.47 Å². The van der Waals surface area contributed by atoms with Gasteiger partial charge in [0.15, 0.2) is 5.82 Å². The van der Waals surface area contributed by atoms with Crippen LogP contribution in [0, 0.1) is 0 Å². The van der Waals surface area contributed by atoms with Gasteiger partial charge in [-0.3, -0.25) is 0 Å². The summed E-state index contributed by atoms with van der Waals surface area (Å²) in [6.45, 7) is 0.284. The standard InChI is InChI=1S/C12H12ClN3O2/c1-17-10-11(14)15-7-16-12(10)18-6-8-4-2-3-5-9(8)13/h2-5,7H,6H2,1H3,(H2,14,15,16). The molecule has 1 aromatic carbocycles. The second kappa shape index (κ2) is 5.55. The van der Waals surface area contributed by atoms with Gasteiger partial charge in [-0.05, 0) is 6.07 Å². The van der Waals surface area contributed by atoms with E-state index in [1.165, 1.54) is 13.4 Å². The smallest absolute Gasteiger partial charge is 0.262 e. The maximum absolute atomic E-state index is 6.03. The molecule has 0 aliphatic rings. The van der Waals surface area contributed by atoms with E-state index >= 15 is 0 Å². The monoisotopic (exact) mass is 265 g/mol. The molecule has 0 fully saturated rings. The van der Waals surface area contributed by atoms with Crippen LogP contribution in [0.15, 0.2) is 30.6 Å². The number of nitrogens with two attached hydrogens (primary N) is 1. The van der Waals surface area contributed by atoms with Gasteiger partial charge in [0, 0.05) is 10.6 Å². The van der Waals surface area contributed by atoms with Crippen LogP contribution in [0.2, 0.25) is 5.02 Å². The first-order valence-electron chi connectivity index (χ1n) is 5.23. The van der Waals surface area contributed by atoms with Gasteiger partial charge >= 0.3 is 0 Å². The minimum atomic E-state index is 0.238. The molecule has 1 heterocycles. The highest BCUT2D eigenvalue weighted by atomic mass is 35.5. The lowest BCUT2D eigenvalue weighted by atomic mass is 10.2. The Labute approximate surface area is 110 Å². The number of rotatable bonds is 4. The van der Waals surface area contributed by atoms with Crippen LogP contribution in [0.1, 0.15) is 5.56 Å². The Morgan fingerprint density at radius 1 is 1.28 bits per heavy atom. The Kier molecular flexibility index (Phi) is 3.84. The Bertz CT molecular complexity index is 549. The van der Waals surface area contributed by atoms with Crippen molar-refractivity contribution in [3.8, 4) is 11.6 Å². The summed E-state index contributed by atoms with van der Waals surface area (Å²) in [5.41, 5.74) is 6.51. The molecule has 0 saturated carbocycles. The van der Waals surface area contributed by atoms with Gasteiger partial charge in [0.05, 0.1) is 7.11 Å². The highest BCUT2D eigenvalue weighted by molar-refractivity contribution is 6.31. The average Bonchev–Trinajstić information content (AvgIpc) is 2.38. The highest BCUT2D eigenvalue weighted by Gasteiger charge is 2.11. The largest absolute Gasteiger partial charge is 0.489 e. The van der Waals surface area contributed by atoms with Crippen molar-refractivity contribution in [3.63, 3.8) is 0 Å². The van der Waals surface area contributed by atoms with Crippen molar-refractivity contribution >= 4 is 17.4 Å². The van der Waals surface area contributed by atoms with Crippen LogP contribution < -0.4 is 15.2 Å². The van der Waals surface area contributed by atoms with E-state index in [4.69, 9.17) is 26.8 Å². The summed E-state index contributed by atoms with van der Waals surface area (Å²) < 4.78 is 10.6. The number of anilines is 1. The average molecular weight is 266 g/mol. The van der Waals surface area contributed by atoms with Gasteiger partial charge in [-0.2, -0.15) is 4.98 Å². The summed E-state index contributed by atoms with van der Waals surface area (Å²) in [6.07, 6.45) is 1.32. The van der Waals surface area contributed by atoms with Gasteiger partial charge in [-0.1, -0.05) is 29.8 Å². The molecule has 0 aliphatic heterocycles. The molecule has 0 radical (unpaired) electrons. The fourth-order valence-electron chi connectivity index (χ4n) is 1.43. The molecule has 2 rings (SSSR count). The quantitative estimate of drug-likeness (QED) is 0.918. The van der Waals surface area contributed by atoms with Crippen molar-refractivity contribution in [2.75, 3.05) is 12.8 Å². The Hall–Kier alpha value is -2.01. The minimum absolute atomic E-state index is 0.238. The van der Waals surface area contributed by atoms with Gasteiger partial charge in [0.25, 0.3) is 5.88 Å². The van der Waals surface area contributed by atoms with Crippen molar-refractivity contribution in [2.24, 2.45) is 0 Å². The molecule has 0 spiro atoms. The summed E-state index contributed by atoms with van der Waals surface area (Å²) >= 11 is 6.03. The number of methoxy groups -OCH3 is 1. The van der Waals surface area contributed by atoms with Crippen LogP contribution in [0.3, 0.4) is 0 Å². The second-order valence-electron chi connectivity index (χ2n) is 3.48. The van der Waals surface area contributed by atoms with Crippen molar-refractivity contribution in [1.29, 1.82) is 0 Å². The third-order valence-electron chi connectivity index (χ3n) is 2.33. The Morgan fingerprint density at radius 2 is 2.06 bits per heavy atom. The molecule has 0 atom stereocenters. The highest BCUT2D eigenvalue weighted by Crippen LogP contribution is 2.29. The number of hydrogen-bond acceptors (Lipinski definition) is 5. The van der Waals surface area contributed by atoms with E-state index in [0.717, 1.165) is 5.56 Å². The van der Waals surface area contributed by atoms with E-state index in [-0.39, 0.29) is 12.4 Å². The summed E-state index contributed by atoms with van der Waals surface area (Å²) in [5, 5.41) is 0.637. The van der Waals surface area contributed by atoms with Crippen LogP contribution in [0.25, 0.3) is 0 Å². The predicted molar refractivity (Wildman–Crippen MR) is 68.8 cm³/mol. The Morgan fingerprint density at radius 3 is 2.78 bits per heavy atom. The molecular weight excluding hydrogens is 254 g/mol. The van der Waals surface area contributed by atoms with E-state index in [9.17, 15) is 0 Å². The molecule has 18 heavy (non-hydrogen) atoms. The molecule has 6 heteroatoms. The third kappa shape index (κ3) is 2.62. The van der Waals surface area contributed by atoms with Gasteiger partial charge in [0.1, 0.15) is 12.9 Å². The van der Waals surface area contributed by atoms with Crippen LogP contribution in [-0.4, -0.2) is 17.1 Å². The van der Waals surface area contributed by atoms with Crippen molar-refractivity contribution in [3.05, 3.63) is 41.2 Å². The van der Waals surface area contributed by atoms with Crippen LogP contribution >= 0.6 is 11.6 Å². The van der Waals surface area contributed by atoms with E-state index in [0.29, 0.717) is 16.7 Å². The molecule has 1 aromatic heterocycles. The molecule has 2 N–H and O–H groups in total. The molecule has 0 unspecified atom stereocenters. The summed E-state index contributed by atoms with van der Waals surface area (Å²) in [5.74, 6) is 0.858. The summed E-state index contributed by atoms with van der Waals surface area (Å²) in [7, 11) is 1.48. The third-order valence-corrected chi connectivity index (χ3v) is 2.69. The fraction of sp³-hybridized carbons (Fsp3) is 0.167. The first-order valence-corrected chi connectivity index (χ1v) is 5.61. The topological polar surface area (TPSA) is 70.3 Å². The number of benzene rings is 1. The lowest BCUT2D eigenvalue weighted by Crippen LogP contribution is -2.03. The molecular formula is C12H12ClN3O2. The molecule has 2 aromatic rings. The van der Waals surface area contributed by atoms with Crippen LogP contribution in [0.4, 0.5) is 5.82 Å². The molecule has 0 bridgehead atoms. The zero-order valence-corrected chi connectivity index (χ0v) is 10.5. The number of hydrogen-bond donors (Lipinski definition) is 1. The van der Waals surface area contributed by atoms with E-state index in [1.54, 1.807) is 6.07 Å². The minimum Gasteiger partial charge on any atom is -0.489 e. The summed E-state index contributed by atoms with van der Waals surface area (Å²) in [6, 6.07) is 7.41. The molecule has 0 aliphatic carbocycles. The molecule has 5 nitrogen and oxygen atoms in total. The first kappa shape index (κ1) is 12.4. The normalized spacial score (nSPS) is 10.1. The van der Waals surface area contributed by atoms with E-state index in [2.05, 4.69) is 9.97 Å². The van der Waals surface area contributed by atoms with Gasteiger partial charge in [-0.15, -0.1) is 0 Å². The van der Waals surface area contributed by atoms with Crippen molar-refractivity contribution in [1.82, 2.24) is 9.97 Å². The van der Waals surface area contributed by atoms with Crippen LogP contribution in [0.5, 0.6) is 11.6 Å². The number of nitrogens with zero attached hydrogens (tertiary/aromatic N) is 2. The maximum atomic E-state index is 6.03. The molecule has 94 valence electrons.